The lowest BCUT2D eigenvalue weighted by Crippen LogP contribution is -2.55. The molecule has 0 heterocycles. The minimum atomic E-state index is -0.784. The Labute approximate surface area is 99.1 Å². The Morgan fingerprint density at radius 2 is 0.688 bits per heavy atom. The zero-order valence-electron chi connectivity index (χ0n) is 10.4. The summed E-state index contributed by atoms with van der Waals surface area (Å²) in [6.45, 7) is 0. The third-order valence-electron chi connectivity index (χ3n) is 4.73. The highest BCUT2D eigenvalue weighted by Gasteiger charge is 2.48. The maximum atomic E-state index is 10.8. The van der Waals surface area contributed by atoms with Crippen LogP contribution in [0.15, 0.2) is 0 Å². The topological polar surface area (TPSA) is 40.5 Å². The summed E-state index contributed by atoms with van der Waals surface area (Å²) in [6.07, 6.45) is 12.5. The summed E-state index contributed by atoms with van der Waals surface area (Å²) in [5.41, 5.74) is -1.56. The van der Waals surface area contributed by atoms with E-state index in [1.807, 2.05) is 0 Å². The van der Waals surface area contributed by atoms with E-state index in [0.717, 1.165) is 51.4 Å². The zero-order chi connectivity index (χ0) is 11.5. The first-order valence-electron chi connectivity index (χ1n) is 7.11. The van der Waals surface area contributed by atoms with E-state index in [9.17, 15) is 10.2 Å². The van der Waals surface area contributed by atoms with E-state index in [-0.39, 0.29) is 0 Å². The molecule has 0 bridgehead atoms. The molecule has 0 aromatic heterocycles. The van der Waals surface area contributed by atoms with E-state index in [1.54, 1.807) is 0 Å². The van der Waals surface area contributed by atoms with Gasteiger partial charge in [-0.1, -0.05) is 51.4 Å². The molecule has 2 aliphatic carbocycles. The molecular formula is C14H26O2. The highest BCUT2D eigenvalue weighted by Crippen LogP contribution is 2.43. The Balaban J connectivity index is 2.06. The van der Waals surface area contributed by atoms with Gasteiger partial charge in [0.1, 0.15) is 0 Å². The van der Waals surface area contributed by atoms with Crippen LogP contribution < -0.4 is 0 Å². The molecule has 94 valence electrons. The standard InChI is InChI=1S/C14H26O2/c15-13(9-5-2-1-3-6-10-13)14(16)11-7-4-8-12-14/h15-16H,1-12H2. The van der Waals surface area contributed by atoms with Gasteiger partial charge in [0, 0.05) is 0 Å². The van der Waals surface area contributed by atoms with Gasteiger partial charge in [0.25, 0.3) is 0 Å². The van der Waals surface area contributed by atoms with Crippen molar-refractivity contribution in [3.05, 3.63) is 0 Å². The lowest BCUT2D eigenvalue weighted by Gasteiger charge is -2.47. The number of hydrogen-bond acceptors (Lipinski definition) is 2. The predicted molar refractivity (Wildman–Crippen MR) is 65.3 cm³/mol. The van der Waals surface area contributed by atoms with Gasteiger partial charge in [-0.05, 0) is 25.7 Å². The summed E-state index contributed by atoms with van der Waals surface area (Å²) in [7, 11) is 0. The largest absolute Gasteiger partial charge is 0.387 e. The van der Waals surface area contributed by atoms with Crippen LogP contribution in [-0.4, -0.2) is 21.4 Å². The van der Waals surface area contributed by atoms with Crippen molar-refractivity contribution >= 4 is 0 Å². The summed E-state index contributed by atoms with van der Waals surface area (Å²) in [4.78, 5) is 0. The van der Waals surface area contributed by atoms with Crippen molar-refractivity contribution in [1.82, 2.24) is 0 Å². The second-order valence-electron chi connectivity index (χ2n) is 5.89. The van der Waals surface area contributed by atoms with Gasteiger partial charge < -0.3 is 10.2 Å². The van der Waals surface area contributed by atoms with Crippen molar-refractivity contribution in [2.24, 2.45) is 0 Å². The molecule has 2 aliphatic rings. The fourth-order valence-corrected chi connectivity index (χ4v) is 3.56. The molecule has 2 heteroatoms. The molecular weight excluding hydrogens is 200 g/mol. The summed E-state index contributed by atoms with van der Waals surface area (Å²) in [5.74, 6) is 0. The van der Waals surface area contributed by atoms with Gasteiger partial charge in [0.15, 0.2) is 0 Å². The van der Waals surface area contributed by atoms with Crippen molar-refractivity contribution in [2.75, 3.05) is 0 Å². The molecule has 0 saturated heterocycles. The molecule has 2 rings (SSSR count). The first-order chi connectivity index (χ1) is 7.66. The Kier molecular flexibility index (Phi) is 3.91. The highest BCUT2D eigenvalue weighted by atomic mass is 16.4. The molecule has 2 saturated carbocycles. The maximum Gasteiger partial charge on any atom is 0.0933 e. The van der Waals surface area contributed by atoms with Crippen molar-refractivity contribution in [1.29, 1.82) is 0 Å². The van der Waals surface area contributed by atoms with Gasteiger partial charge in [-0.15, -0.1) is 0 Å². The van der Waals surface area contributed by atoms with Crippen LogP contribution in [0, 0.1) is 0 Å². The molecule has 16 heavy (non-hydrogen) atoms. The Morgan fingerprint density at radius 3 is 1.06 bits per heavy atom. The van der Waals surface area contributed by atoms with E-state index in [0.29, 0.717) is 0 Å². The van der Waals surface area contributed by atoms with Crippen molar-refractivity contribution in [3.63, 3.8) is 0 Å². The minimum absolute atomic E-state index is 0.775. The average Bonchev–Trinajstić information content (AvgIpc) is 2.25. The molecule has 0 aliphatic heterocycles. The number of hydrogen-bond donors (Lipinski definition) is 2. The summed E-state index contributed by atoms with van der Waals surface area (Å²) in [6, 6.07) is 0. The second kappa shape index (κ2) is 5.05. The van der Waals surface area contributed by atoms with E-state index in [4.69, 9.17) is 0 Å². The quantitative estimate of drug-likeness (QED) is 0.721. The van der Waals surface area contributed by atoms with Crippen LogP contribution in [0.4, 0.5) is 0 Å². The van der Waals surface area contributed by atoms with Gasteiger partial charge in [0.2, 0.25) is 0 Å². The van der Waals surface area contributed by atoms with Crippen molar-refractivity contribution in [3.8, 4) is 0 Å². The van der Waals surface area contributed by atoms with Gasteiger partial charge in [0.05, 0.1) is 11.2 Å². The van der Waals surface area contributed by atoms with Gasteiger partial charge >= 0.3 is 0 Å². The molecule has 2 nitrogen and oxygen atoms in total. The number of rotatable bonds is 1. The van der Waals surface area contributed by atoms with E-state index in [2.05, 4.69) is 0 Å². The zero-order valence-corrected chi connectivity index (χ0v) is 10.4. The smallest absolute Gasteiger partial charge is 0.0933 e. The van der Waals surface area contributed by atoms with E-state index < -0.39 is 11.2 Å². The minimum Gasteiger partial charge on any atom is -0.387 e. The monoisotopic (exact) mass is 226 g/mol. The van der Waals surface area contributed by atoms with Gasteiger partial charge in [-0.3, -0.25) is 0 Å². The Hall–Kier alpha value is -0.0800. The predicted octanol–water partition coefficient (Wildman–Crippen LogP) is 3.16. The molecule has 0 radical (unpaired) electrons. The van der Waals surface area contributed by atoms with Gasteiger partial charge in [-0.25, -0.2) is 0 Å². The SMILES string of the molecule is OC1(C2(O)CCCCC2)CCCCCCC1. The fraction of sp³-hybridized carbons (Fsp3) is 1.00. The van der Waals surface area contributed by atoms with Gasteiger partial charge in [-0.2, -0.15) is 0 Å². The van der Waals surface area contributed by atoms with Crippen LogP contribution in [0.25, 0.3) is 0 Å². The maximum absolute atomic E-state index is 10.8. The third-order valence-corrected chi connectivity index (χ3v) is 4.73. The van der Waals surface area contributed by atoms with E-state index >= 15 is 0 Å². The van der Waals surface area contributed by atoms with Crippen molar-refractivity contribution in [2.45, 2.75) is 88.3 Å². The molecule has 0 atom stereocenters. The lowest BCUT2D eigenvalue weighted by molar-refractivity contribution is -0.178. The van der Waals surface area contributed by atoms with Crippen LogP contribution in [0.3, 0.4) is 0 Å². The third kappa shape index (κ3) is 2.43. The highest BCUT2D eigenvalue weighted by molar-refractivity contribution is 5.01. The molecule has 2 fully saturated rings. The van der Waals surface area contributed by atoms with Crippen LogP contribution in [-0.2, 0) is 0 Å². The second-order valence-corrected chi connectivity index (χ2v) is 5.89. The molecule has 0 amide bonds. The van der Waals surface area contributed by atoms with Crippen LogP contribution >= 0.6 is 0 Å². The van der Waals surface area contributed by atoms with Crippen LogP contribution in [0.1, 0.15) is 77.0 Å². The Bertz CT molecular complexity index is 211. The lowest BCUT2D eigenvalue weighted by atomic mass is 9.68. The molecule has 0 aromatic rings. The first-order valence-corrected chi connectivity index (χ1v) is 7.11. The molecule has 0 spiro atoms. The summed E-state index contributed by atoms with van der Waals surface area (Å²) >= 11 is 0. The summed E-state index contributed by atoms with van der Waals surface area (Å²) in [5, 5.41) is 21.5. The molecule has 2 N–H and O–H groups in total. The normalized spacial score (nSPS) is 30.4. The fourth-order valence-electron chi connectivity index (χ4n) is 3.56. The average molecular weight is 226 g/mol. The van der Waals surface area contributed by atoms with Crippen molar-refractivity contribution < 1.29 is 10.2 Å². The summed E-state index contributed by atoms with van der Waals surface area (Å²) < 4.78 is 0. The number of aliphatic hydroxyl groups is 2. The van der Waals surface area contributed by atoms with Crippen LogP contribution in [0.2, 0.25) is 0 Å². The molecule has 0 aromatic carbocycles. The van der Waals surface area contributed by atoms with Crippen LogP contribution in [0.5, 0.6) is 0 Å². The van der Waals surface area contributed by atoms with E-state index in [1.165, 1.54) is 25.7 Å². The first kappa shape index (κ1) is 12.4. The Morgan fingerprint density at radius 1 is 0.438 bits per heavy atom. The molecule has 0 unspecified atom stereocenters.